The second kappa shape index (κ2) is 6.70. The smallest absolute Gasteiger partial charge is 0.248 e. The molecule has 0 aromatic carbocycles. The van der Waals surface area contributed by atoms with Gasteiger partial charge in [-0.05, 0) is 52.1 Å². The molecule has 24 heavy (non-hydrogen) atoms. The number of nitrogens with one attached hydrogen (secondary N) is 1. The summed E-state index contributed by atoms with van der Waals surface area (Å²) in [6, 6.07) is 0.660. The summed E-state index contributed by atoms with van der Waals surface area (Å²) in [5, 5.41) is 7.50. The second-order valence-electron chi connectivity index (χ2n) is 7.32. The number of hydrogen-bond acceptors (Lipinski definition) is 5. The average molecular weight is 332 g/mol. The molecule has 0 bridgehead atoms. The van der Waals surface area contributed by atoms with Crippen molar-refractivity contribution in [3.05, 3.63) is 11.7 Å². The second-order valence-corrected chi connectivity index (χ2v) is 7.32. The van der Waals surface area contributed by atoms with Gasteiger partial charge in [0, 0.05) is 31.6 Å². The van der Waals surface area contributed by atoms with Gasteiger partial charge in [-0.2, -0.15) is 4.98 Å². The quantitative estimate of drug-likeness (QED) is 0.665. The Hall–Kier alpha value is -1.63. The van der Waals surface area contributed by atoms with E-state index in [-0.39, 0.29) is 0 Å². The van der Waals surface area contributed by atoms with E-state index in [2.05, 4.69) is 39.2 Å². The van der Waals surface area contributed by atoms with Gasteiger partial charge < -0.3 is 19.6 Å². The summed E-state index contributed by atoms with van der Waals surface area (Å²) in [6.07, 6.45) is 4.98. The van der Waals surface area contributed by atoms with Crippen LogP contribution in [-0.2, 0) is 6.54 Å². The number of piperidine rings is 1. The number of aliphatic imine (C=N–C) groups is 1. The van der Waals surface area contributed by atoms with Crippen LogP contribution in [0.25, 0.3) is 0 Å². The standard InChI is InChI=1S/C17H28N6O/c1-3-18-17(19-10-15-20-16(21-24-15)13-4-5-13)23-9-7-12-6-8-22(2)14(12)11-23/h12-14H,3-11H2,1-2H3,(H,18,19)/t12-,14-/m0/s1. The molecule has 1 aliphatic carbocycles. The van der Waals surface area contributed by atoms with Crippen molar-refractivity contribution in [1.29, 1.82) is 0 Å². The van der Waals surface area contributed by atoms with E-state index in [0.717, 1.165) is 37.3 Å². The Morgan fingerprint density at radius 2 is 2.12 bits per heavy atom. The van der Waals surface area contributed by atoms with Crippen LogP contribution in [0, 0.1) is 5.92 Å². The predicted octanol–water partition coefficient (Wildman–Crippen LogP) is 1.44. The highest BCUT2D eigenvalue weighted by Crippen LogP contribution is 2.38. The lowest BCUT2D eigenvalue weighted by Gasteiger charge is -2.39. The SMILES string of the molecule is CCNC(=NCc1nc(C2CC2)no1)N1CC[C@@H]2CCN(C)[C@H]2C1. The van der Waals surface area contributed by atoms with Crippen LogP contribution >= 0.6 is 0 Å². The largest absolute Gasteiger partial charge is 0.357 e. The summed E-state index contributed by atoms with van der Waals surface area (Å²) < 4.78 is 5.35. The summed E-state index contributed by atoms with van der Waals surface area (Å²) in [5.74, 6) is 3.84. The number of likely N-dealkylation sites (N-methyl/N-ethyl adjacent to an activating group) is 1. The summed E-state index contributed by atoms with van der Waals surface area (Å²) >= 11 is 0. The minimum atomic E-state index is 0.461. The number of aromatic nitrogens is 2. The van der Waals surface area contributed by atoms with E-state index in [1.54, 1.807) is 0 Å². The number of hydrogen-bond donors (Lipinski definition) is 1. The van der Waals surface area contributed by atoms with Gasteiger partial charge in [-0.1, -0.05) is 5.16 Å². The fourth-order valence-corrected chi connectivity index (χ4v) is 3.95. The minimum Gasteiger partial charge on any atom is -0.357 e. The Balaban J connectivity index is 1.42. The molecular formula is C17H28N6O. The molecule has 3 fully saturated rings. The Bertz CT molecular complexity index is 596. The Labute approximate surface area is 143 Å². The maximum atomic E-state index is 5.35. The highest BCUT2D eigenvalue weighted by Gasteiger charge is 2.37. The molecular weight excluding hydrogens is 304 g/mol. The molecule has 2 aliphatic heterocycles. The molecule has 1 N–H and O–H groups in total. The van der Waals surface area contributed by atoms with Gasteiger partial charge in [-0.15, -0.1) is 0 Å². The molecule has 0 amide bonds. The van der Waals surface area contributed by atoms with Gasteiger partial charge in [0.15, 0.2) is 11.8 Å². The van der Waals surface area contributed by atoms with Crippen LogP contribution in [0.3, 0.4) is 0 Å². The summed E-state index contributed by atoms with van der Waals surface area (Å²) in [6.45, 7) is 6.81. The van der Waals surface area contributed by atoms with E-state index in [4.69, 9.17) is 9.52 Å². The van der Waals surface area contributed by atoms with Crippen molar-refractivity contribution >= 4 is 5.96 Å². The van der Waals surface area contributed by atoms with E-state index >= 15 is 0 Å². The minimum absolute atomic E-state index is 0.461. The Morgan fingerprint density at radius 1 is 1.29 bits per heavy atom. The molecule has 2 saturated heterocycles. The zero-order valence-corrected chi connectivity index (χ0v) is 14.7. The molecule has 0 unspecified atom stereocenters. The Kier molecular flexibility index (Phi) is 4.43. The molecule has 7 heteroatoms. The van der Waals surface area contributed by atoms with Crippen molar-refractivity contribution in [3.8, 4) is 0 Å². The molecule has 4 rings (SSSR count). The van der Waals surface area contributed by atoms with Crippen LogP contribution < -0.4 is 5.32 Å². The first-order valence-corrected chi connectivity index (χ1v) is 9.30. The first-order chi connectivity index (χ1) is 11.7. The summed E-state index contributed by atoms with van der Waals surface area (Å²) in [5.41, 5.74) is 0. The molecule has 1 saturated carbocycles. The maximum absolute atomic E-state index is 5.35. The first kappa shape index (κ1) is 15.9. The van der Waals surface area contributed by atoms with E-state index in [9.17, 15) is 0 Å². The topological polar surface area (TPSA) is 69.8 Å². The van der Waals surface area contributed by atoms with E-state index in [1.807, 2.05) is 0 Å². The van der Waals surface area contributed by atoms with Gasteiger partial charge in [0.25, 0.3) is 0 Å². The predicted molar refractivity (Wildman–Crippen MR) is 91.8 cm³/mol. The highest BCUT2D eigenvalue weighted by atomic mass is 16.5. The lowest BCUT2D eigenvalue weighted by Crippen LogP contribution is -2.52. The molecule has 1 aromatic heterocycles. The normalized spacial score (nSPS) is 28.2. The monoisotopic (exact) mass is 332 g/mol. The zero-order valence-electron chi connectivity index (χ0n) is 14.7. The van der Waals surface area contributed by atoms with E-state index in [1.165, 1.54) is 32.2 Å². The third kappa shape index (κ3) is 3.27. The van der Waals surface area contributed by atoms with Crippen molar-refractivity contribution in [2.45, 2.75) is 51.1 Å². The van der Waals surface area contributed by atoms with Gasteiger partial charge in [0.2, 0.25) is 5.89 Å². The van der Waals surface area contributed by atoms with Gasteiger partial charge in [0.1, 0.15) is 6.54 Å². The molecule has 1 aromatic rings. The molecule has 3 aliphatic rings. The van der Waals surface area contributed by atoms with Crippen molar-refractivity contribution in [2.75, 3.05) is 33.2 Å². The molecule has 2 atom stereocenters. The third-order valence-corrected chi connectivity index (χ3v) is 5.56. The van der Waals surface area contributed by atoms with Crippen LogP contribution in [0.5, 0.6) is 0 Å². The fourth-order valence-electron chi connectivity index (χ4n) is 3.95. The average Bonchev–Trinajstić information content (AvgIpc) is 3.23. The van der Waals surface area contributed by atoms with Crippen molar-refractivity contribution < 1.29 is 4.52 Å². The van der Waals surface area contributed by atoms with Gasteiger partial charge in [-0.25, -0.2) is 4.99 Å². The summed E-state index contributed by atoms with van der Waals surface area (Å²) in [4.78, 5) is 14.1. The molecule has 0 radical (unpaired) electrons. The fraction of sp³-hybridized carbons (Fsp3) is 0.824. The zero-order chi connectivity index (χ0) is 16.5. The van der Waals surface area contributed by atoms with Crippen LogP contribution in [-0.4, -0.2) is 65.2 Å². The van der Waals surface area contributed by atoms with Crippen molar-refractivity contribution in [3.63, 3.8) is 0 Å². The van der Waals surface area contributed by atoms with Crippen LogP contribution in [0.2, 0.25) is 0 Å². The molecule has 7 nitrogen and oxygen atoms in total. The van der Waals surface area contributed by atoms with Crippen molar-refractivity contribution in [1.82, 2.24) is 25.3 Å². The first-order valence-electron chi connectivity index (χ1n) is 9.30. The highest BCUT2D eigenvalue weighted by molar-refractivity contribution is 5.80. The lowest BCUT2D eigenvalue weighted by atomic mass is 9.92. The number of nitrogens with zero attached hydrogens (tertiary/aromatic N) is 5. The number of guanidine groups is 1. The lowest BCUT2D eigenvalue weighted by molar-refractivity contribution is 0.165. The number of likely N-dealkylation sites (tertiary alicyclic amines) is 2. The van der Waals surface area contributed by atoms with Gasteiger partial charge in [-0.3, -0.25) is 0 Å². The number of fused-ring (bicyclic) bond motifs is 1. The van der Waals surface area contributed by atoms with Gasteiger partial charge >= 0.3 is 0 Å². The van der Waals surface area contributed by atoms with Crippen LogP contribution in [0.1, 0.15) is 50.2 Å². The summed E-state index contributed by atoms with van der Waals surface area (Å²) in [7, 11) is 2.25. The van der Waals surface area contributed by atoms with Crippen LogP contribution in [0.4, 0.5) is 0 Å². The molecule has 3 heterocycles. The molecule has 132 valence electrons. The third-order valence-electron chi connectivity index (χ3n) is 5.56. The molecule has 0 spiro atoms. The van der Waals surface area contributed by atoms with Crippen molar-refractivity contribution in [2.24, 2.45) is 10.9 Å². The number of rotatable bonds is 4. The van der Waals surface area contributed by atoms with E-state index < -0.39 is 0 Å². The van der Waals surface area contributed by atoms with Crippen LogP contribution in [0.15, 0.2) is 9.52 Å². The maximum Gasteiger partial charge on any atom is 0.248 e. The van der Waals surface area contributed by atoms with E-state index in [0.29, 0.717) is 24.4 Å². The Morgan fingerprint density at radius 3 is 2.92 bits per heavy atom. The van der Waals surface area contributed by atoms with Gasteiger partial charge in [0.05, 0.1) is 0 Å².